The lowest BCUT2D eigenvalue weighted by Gasteiger charge is -2.23. The zero-order valence-electron chi connectivity index (χ0n) is 21.9. The highest BCUT2D eigenvalue weighted by atomic mass is 14.8. The molecule has 2 aromatic heterocycles. The Labute approximate surface area is 223 Å². The van der Waals surface area contributed by atoms with E-state index in [1.807, 2.05) is 30.6 Å². The molecule has 0 saturated carbocycles. The molecule has 0 amide bonds. The second-order valence-electron chi connectivity index (χ2n) is 11.1. The van der Waals surface area contributed by atoms with Gasteiger partial charge in [-0.25, -0.2) is 0 Å². The molecule has 0 atom stereocenters. The fourth-order valence-corrected chi connectivity index (χ4v) is 5.66. The maximum Gasteiger partial charge on any atom is 0.0886 e. The van der Waals surface area contributed by atoms with Gasteiger partial charge in [0.1, 0.15) is 0 Å². The van der Waals surface area contributed by atoms with E-state index in [1.165, 1.54) is 54.6 Å². The molecule has 0 unspecified atom stereocenters. The minimum Gasteiger partial charge on any atom is -0.255 e. The zero-order chi connectivity index (χ0) is 25.9. The predicted molar refractivity (Wildman–Crippen MR) is 161 cm³/mol. The third-order valence-corrected chi connectivity index (χ3v) is 7.67. The van der Waals surface area contributed by atoms with E-state index in [0.717, 1.165) is 17.0 Å². The molecule has 7 aromatic rings. The van der Waals surface area contributed by atoms with E-state index in [-0.39, 0.29) is 5.41 Å². The van der Waals surface area contributed by atoms with Gasteiger partial charge in [0.2, 0.25) is 0 Å². The van der Waals surface area contributed by atoms with Gasteiger partial charge in [-0.3, -0.25) is 9.97 Å². The van der Waals surface area contributed by atoms with Crippen molar-refractivity contribution in [2.24, 2.45) is 0 Å². The molecule has 0 spiro atoms. The number of benzene rings is 5. The molecule has 0 aliphatic rings. The molecule has 0 fully saturated rings. The van der Waals surface area contributed by atoms with Crippen LogP contribution < -0.4 is 0 Å². The van der Waals surface area contributed by atoms with Crippen LogP contribution >= 0.6 is 0 Å². The summed E-state index contributed by atoms with van der Waals surface area (Å²) in [6.07, 6.45) is 3.80. The number of hydrogen-bond donors (Lipinski definition) is 0. The smallest absolute Gasteiger partial charge is 0.0886 e. The molecular formula is C36H28N2. The molecule has 0 N–H and O–H groups in total. The van der Waals surface area contributed by atoms with Crippen molar-refractivity contribution in [3.8, 4) is 33.6 Å². The summed E-state index contributed by atoms with van der Waals surface area (Å²) in [4.78, 5) is 9.29. The van der Waals surface area contributed by atoms with Crippen LogP contribution in [0.15, 0.2) is 116 Å². The Bertz CT molecular complexity index is 1890. The molecule has 7 rings (SSSR count). The van der Waals surface area contributed by atoms with Gasteiger partial charge >= 0.3 is 0 Å². The van der Waals surface area contributed by atoms with Crippen molar-refractivity contribution >= 4 is 32.3 Å². The van der Waals surface area contributed by atoms with Crippen LogP contribution in [0.4, 0.5) is 0 Å². The average molecular weight is 489 g/mol. The van der Waals surface area contributed by atoms with Crippen molar-refractivity contribution in [1.82, 2.24) is 9.97 Å². The van der Waals surface area contributed by atoms with Gasteiger partial charge in [-0.05, 0) is 84.3 Å². The quantitative estimate of drug-likeness (QED) is 0.231. The van der Waals surface area contributed by atoms with Gasteiger partial charge in [0, 0.05) is 18.0 Å². The van der Waals surface area contributed by atoms with E-state index in [2.05, 4.69) is 111 Å². The largest absolute Gasteiger partial charge is 0.255 e. The van der Waals surface area contributed by atoms with Crippen molar-refractivity contribution in [2.75, 3.05) is 0 Å². The van der Waals surface area contributed by atoms with Crippen molar-refractivity contribution < 1.29 is 0 Å². The first-order chi connectivity index (χ1) is 18.5. The molecule has 2 nitrogen and oxygen atoms in total. The number of aromatic nitrogens is 2. The highest BCUT2D eigenvalue weighted by Gasteiger charge is 2.20. The van der Waals surface area contributed by atoms with Gasteiger partial charge in [-0.1, -0.05) is 99.6 Å². The maximum absolute atomic E-state index is 4.81. The Kier molecular flexibility index (Phi) is 5.06. The number of pyridine rings is 2. The second kappa shape index (κ2) is 8.49. The Balaban J connectivity index is 1.53. The predicted octanol–water partition coefficient (Wildman–Crippen LogP) is 9.67. The van der Waals surface area contributed by atoms with E-state index in [0.29, 0.717) is 0 Å². The Hall–Kier alpha value is -4.56. The fraction of sp³-hybridized carbons (Fsp3) is 0.111. The number of nitrogens with zero attached hydrogens (tertiary/aromatic N) is 2. The summed E-state index contributed by atoms with van der Waals surface area (Å²) in [6.45, 7) is 6.85. The lowest BCUT2D eigenvalue weighted by atomic mass is 9.81. The minimum absolute atomic E-state index is 0.0891. The summed E-state index contributed by atoms with van der Waals surface area (Å²) in [5, 5.41) is 7.80. The number of rotatable bonds is 3. The van der Waals surface area contributed by atoms with Gasteiger partial charge in [-0.2, -0.15) is 0 Å². The van der Waals surface area contributed by atoms with Gasteiger partial charge in [0.15, 0.2) is 0 Å². The first-order valence-electron chi connectivity index (χ1n) is 13.2. The third-order valence-electron chi connectivity index (χ3n) is 7.67. The van der Waals surface area contributed by atoms with Gasteiger partial charge < -0.3 is 0 Å². The van der Waals surface area contributed by atoms with E-state index >= 15 is 0 Å². The second-order valence-corrected chi connectivity index (χ2v) is 11.1. The first-order valence-corrected chi connectivity index (χ1v) is 13.2. The summed E-state index contributed by atoms with van der Waals surface area (Å²) in [5.41, 5.74) is 7.99. The van der Waals surface area contributed by atoms with Crippen molar-refractivity contribution in [1.29, 1.82) is 0 Å². The van der Waals surface area contributed by atoms with E-state index in [1.54, 1.807) is 0 Å². The SMILES string of the molecule is CC(C)(C)c1cc2ccc3c(-c4ccccc4)cc(-c4ccc(-c5ccccn5)nc4)c4ccc(c1)c2c34. The lowest BCUT2D eigenvalue weighted by molar-refractivity contribution is 0.591. The zero-order valence-corrected chi connectivity index (χ0v) is 21.9. The third kappa shape index (κ3) is 3.64. The molecule has 2 heteroatoms. The van der Waals surface area contributed by atoms with Crippen LogP contribution in [0.2, 0.25) is 0 Å². The van der Waals surface area contributed by atoms with Gasteiger partial charge in [0.25, 0.3) is 0 Å². The Morgan fingerprint density at radius 3 is 1.79 bits per heavy atom. The lowest BCUT2D eigenvalue weighted by Crippen LogP contribution is -2.10. The molecule has 182 valence electrons. The molecular weight excluding hydrogens is 460 g/mol. The van der Waals surface area contributed by atoms with Crippen LogP contribution in [0, 0.1) is 0 Å². The monoisotopic (exact) mass is 488 g/mol. The van der Waals surface area contributed by atoms with Crippen LogP contribution in [0.3, 0.4) is 0 Å². The molecule has 0 aliphatic heterocycles. The van der Waals surface area contributed by atoms with Crippen LogP contribution in [0.5, 0.6) is 0 Å². The summed E-state index contributed by atoms with van der Waals surface area (Å²) in [6, 6.07) is 37.2. The van der Waals surface area contributed by atoms with Crippen LogP contribution in [0.1, 0.15) is 26.3 Å². The average Bonchev–Trinajstić information content (AvgIpc) is 2.96. The summed E-state index contributed by atoms with van der Waals surface area (Å²) >= 11 is 0. The Morgan fingerprint density at radius 2 is 1.18 bits per heavy atom. The normalized spacial score (nSPS) is 12.1. The molecule has 5 aromatic carbocycles. The summed E-state index contributed by atoms with van der Waals surface area (Å²) < 4.78 is 0. The molecule has 38 heavy (non-hydrogen) atoms. The first kappa shape index (κ1) is 22.6. The van der Waals surface area contributed by atoms with E-state index in [9.17, 15) is 0 Å². The standard InChI is InChI=1S/C36H28N2/c1-36(2,3)27-19-24-12-15-28-30(23-9-5-4-6-10-23)21-31(29-16-13-25(20-27)34(24)35(28)29)26-14-17-33(38-22-26)32-11-7-8-18-37-32/h4-22H,1-3H3. The molecule has 2 heterocycles. The maximum atomic E-state index is 4.81. The van der Waals surface area contributed by atoms with Gasteiger partial charge in [0.05, 0.1) is 11.4 Å². The highest BCUT2D eigenvalue weighted by Crippen LogP contribution is 2.45. The van der Waals surface area contributed by atoms with Crippen LogP contribution in [-0.4, -0.2) is 9.97 Å². The summed E-state index contributed by atoms with van der Waals surface area (Å²) in [7, 11) is 0. The van der Waals surface area contributed by atoms with Crippen LogP contribution in [0.25, 0.3) is 66.0 Å². The van der Waals surface area contributed by atoms with Crippen molar-refractivity contribution in [3.63, 3.8) is 0 Å². The topological polar surface area (TPSA) is 25.8 Å². The Morgan fingerprint density at radius 1 is 0.526 bits per heavy atom. The highest BCUT2D eigenvalue weighted by molar-refractivity contribution is 6.28. The van der Waals surface area contributed by atoms with Crippen molar-refractivity contribution in [2.45, 2.75) is 26.2 Å². The van der Waals surface area contributed by atoms with Gasteiger partial charge in [-0.15, -0.1) is 0 Å². The summed E-state index contributed by atoms with van der Waals surface area (Å²) in [5.74, 6) is 0. The molecule has 0 aliphatic carbocycles. The van der Waals surface area contributed by atoms with E-state index in [4.69, 9.17) is 4.98 Å². The molecule has 0 bridgehead atoms. The molecule has 0 radical (unpaired) electrons. The van der Waals surface area contributed by atoms with E-state index < -0.39 is 0 Å². The number of hydrogen-bond acceptors (Lipinski definition) is 2. The van der Waals surface area contributed by atoms with Crippen LogP contribution in [-0.2, 0) is 5.41 Å². The fourth-order valence-electron chi connectivity index (χ4n) is 5.66. The molecule has 0 saturated heterocycles. The minimum atomic E-state index is 0.0891. The van der Waals surface area contributed by atoms with Crippen molar-refractivity contribution in [3.05, 3.63) is 121 Å².